The Bertz CT molecular complexity index is 470. The van der Waals surface area contributed by atoms with Gasteiger partial charge in [-0.05, 0) is 0 Å². The van der Waals surface area contributed by atoms with Crippen molar-refractivity contribution >= 4 is 11.6 Å². The third kappa shape index (κ3) is 6.31. The Kier molecular flexibility index (Phi) is 8.81. The van der Waals surface area contributed by atoms with E-state index in [-0.39, 0.29) is 24.7 Å². The lowest BCUT2D eigenvalue weighted by Crippen LogP contribution is -2.28. The van der Waals surface area contributed by atoms with Crippen molar-refractivity contribution in [2.24, 2.45) is 0 Å². The van der Waals surface area contributed by atoms with Crippen LogP contribution in [0.25, 0.3) is 0 Å². The molecule has 8 heteroatoms. The van der Waals surface area contributed by atoms with Crippen molar-refractivity contribution < 1.29 is 28.8 Å². The van der Waals surface area contributed by atoms with Crippen LogP contribution in [0, 0.1) is 0 Å². The Morgan fingerprint density at radius 2 is 1.65 bits per heavy atom. The molecule has 0 fully saturated rings. The van der Waals surface area contributed by atoms with Crippen LogP contribution in [-0.4, -0.2) is 64.8 Å². The predicted octanol–water partition coefficient (Wildman–Crippen LogP) is 0.0413. The standard InChI is InChI=1S/C15H24N2O6/c1-20-12-9-11(16)10-13(21-2)14(12)15(19)17-3-5-22-7-8-23-6-4-18/h9-10,18H,3-8,16H2,1-2H3,(H,17,19). The summed E-state index contributed by atoms with van der Waals surface area (Å²) >= 11 is 0. The maximum Gasteiger partial charge on any atom is 0.258 e. The van der Waals surface area contributed by atoms with Crippen molar-refractivity contribution in [1.29, 1.82) is 0 Å². The zero-order valence-electron chi connectivity index (χ0n) is 13.5. The van der Waals surface area contributed by atoms with Gasteiger partial charge in [-0.1, -0.05) is 0 Å². The summed E-state index contributed by atoms with van der Waals surface area (Å²) in [5.41, 5.74) is 6.46. The number of aliphatic hydroxyl groups is 1. The first kappa shape index (κ1) is 19.0. The number of rotatable bonds is 11. The van der Waals surface area contributed by atoms with Gasteiger partial charge in [-0.2, -0.15) is 0 Å². The average Bonchev–Trinajstić information content (AvgIpc) is 2.55. The van der Waals surface area contributed by atoms with E-state index < -0.39 is 0 Å². The van der Waals surface area contributed by atoms with Crippen LogP contribution in [-0.2, 0) is 9.47 Å². The Morgan fingerprint density at radius 1 is 1.09 bits per heavy atom. The average molecular weight is 328 g/mol. The highest BCUT2D eigenvalue weighted by atomic mass is 16.5. The number of amides is 1. The molecule has 0 unspecified atom stereocenters. The number of carbonyl (C=O) groups excluding carboxylic acids is 1. The van der Waals surface area contributed by atoms with Gasteiger partial charge in [-0.3, -0.25) is 4.79 Å². The van der Waals surface area contributed by atoms with Crippen molar-refractivity contribution in [3.8, 4) is 11.5 Å². The lowest BCUT2D eigenvalue weighted by Gasteiger charge is -2.14. The van der Waals surface area contributed by atoms with Gasteiger partial charge in [-0.25, -0.2) is 0 Å². The Hall–Kier alpha value is -2.03. The largest absolute Gasteiger partial charge is 0.496 e. The number of benzene rings is 1. The molecule has 0 bridgehead atoms. The monoisotopic (exact) mass is 328 g/mol. The molecule has 0 atom stereocenters. The second kappa shape index (κ2) is 10.7. The van der Waals surface area contributed by atoms with Gasteiger partial charge in [0, 0.05) is 24.4 Å². The number of aliphatic hydroxyl groups excluding tert-OH is 1. The van der Waals surface area contributed by atoms with E-state index in [9.17, 15) is 4.79 Å². The van der Waals surface area contributed by atoms with E-state index in [1.165, 1.54) is 14.2 Å². The molecular formula is C15H24N2O6. The van der Waals surface area contributed by atoms with Gasteiger partial charge in [0.15, 0.2) is 0 Å². The molecule has 1 rings (SSSR count). The van der Waals surface area contributed by atoms with Crippen LogP contribution in [0.5, 0.6) is 11.5 Å². The summed E-state index contributed by atoms with van der Waals surface area (Å²) in [6.45, 7) is 1.74. The summed E-state index contributed by atoms with van der Waals surface area (Å²) < 4.78 is 20.7. The number of nitrogen functional groups attached to an aromatic ring is 1. The minimum atomic E-state index is -0.334. The molecule has 1 amide bonds. The molecule has 0 spiro atoms. The number of methoxy groups -OCH3 is 2. The molecule has 0 aliphatic rings. The quantitative estimate of drug-likeness (QED) is 0.388. The zero-order chi connectivity index (χ0) is 17.1. The summed E-state index contributed by atoms with van der Waals surface area (Å²) in [5.74, 6) is 0.356. The first-order valence-corrected chi connectivity index (χ1v) is 7.20. The van der Waals surface area contributed by atoms with Gasteiger partial charge < -0.3 is 35.1 Å². The maximum absolute atomic E-state index is 12.3. The lowest BCUT2D eigenvalue weighted by molar-refractivity contribution is 0.0338. The molecule has 0 saturated carbocycles. The van der Waals surface area contributed by atoms with Crippen LogP contribution < -0.4 is 20.5 Å². The fourth-order valence-corrected chi connectivity index (χ4v) is 1.87. The zero-order valence-corrected chi connectivity index (χ0v) is 13.5. The summed E-state index contributed by atoms with van der Waals surface area (Å²) in [7, 11) is 2.92. The molecule has 0 aliphatic carbocycles. The first-order valence-electron chi connectivity index (χ1n) is 7.20. The number of nitrogens with two attached hydrogens (primary N) is 1. The number of nitrogens with one attached hydrogen (secondary N) is 1. The highest BCUT2D eigenvalue weighted by Crippen LogP contribution is 2.31. The van der Waals surface area contributed by atoms with Crippen LogP contribution in [0.3, 0.4) is 0 Å². The van der Waals surface area contributed by atoms with Gasteiger partial charge in [0.25, 0.3) is 5.91 Å². The fraction of sp³-hybridized carbons (Fsp3) is 0.533. The Morgan fingerprint density at radius 3 is 2.17 bits per heavy atom. The van der Waals surface area contributed by atoms with Gasteiger partial charge in [0.2, 0.25) is 0 Å². The number of hydrogen-bond acceptors (Lipinski definition) is 7. The van der Waals surface area contributed by atoms with Crippen LogP contribution in [0.4, 0.5) is 5.69 Å². The third-order valence-corrected chi connectivity index (χ3v) is 2.89. The topological polar surface area (TPSA) is 112 Å². The number of anilines is 1. The van der Waals surface area contributed by atoms with E-state index in [0.717, 1.165) is 0 Å². The van der Waals surface area contributed by atoms with Gasteiger partial charge in [-0.15, -0.1) is 0 Å². The van der Waals surface area contributed by atoms with E-state index in [2.05, 4.69) is 5.32 Å². The molecule has 130 valence electrons. The normalized spacial score (nSPS) is 10.4. The minimum Gasteiger partial charge on any atom is -0.496 e. The van der Waals surface area contributed by atoms with E-state index in [1.807, 2.05) is 0 Å². The van der Waals surface area contributed by atoms with Crippen molar-refractivity contribution in [2.75, 3.05) is 59.5 Å². The molecule has 0 radical (unpaired) electrons. The molecule has 0 heterocycles. The second-order valence-electron chi connectivity index (χ2n) is 4.50. The van der Waals surface area contributed by atoms with Crippen molar-refractivity contribution in [3.63, 3.8) is 0 Å². The van der Waals surface area contributed by atoms with E-state index >= 15 is 0 Å². The summed E-state index contributed by atoms with van der Waals surface area (Å²) in [6, 6.07) is 3.12. The lowest BCUT2D eigenvalue weighted by atomic mass is 10.1. The molecule has 23 heavy (non-hydrogen) atoms. The van der Waals surface area contributed by atoms with Gasteiger partial charge in [0.1, 0.15) is 17.1 Å². The molecule has 1 aromatic carbocycles. The summed E-state index contributed by atoms with van der Waals surface area (Å²) in [5, 5.41) is 11.3. The minimum absolute atomic E-state index is 0.0126. The number of hydrogen-bond donors (Lipinski definition) is 3. The first-order chi connectivity index (χ1) is 11.1. The van der Waals surface area contributed by atoms with Crippen LogP contribution >= 0.6 is 0 Å². The van der Waals surface area contributed by atoms with Crippen molar-refractivity contribution in [1.82, 2.24) is 5.32 Å². The highest BCUT2D eigenvalue weighted by Gasteiger charge is 2.19. The van der Waals surface area contributed by atoms with Crippen LogP contribution in [0.2, 0.25) is 0 Å². The van der Waals surface area contributed by atoms with Crippen LogP contribution in [0.15, 0.2) is 12.1 Å². The van der Waals surface area contributed by atoms with Gasteiger partial charge in [0.05, 0.1) is 47.3 Å². The molecule has 0 saturated heterocycles. The van der Waals surface area contributed by atoms with Gasteiger partial charge >= 0.3 is 0 Å². The molecule has 1 aromatic rings. The second-order valence-corrected chi connectivity index (χ2v) is 4.50. The molecule has 8 nitrogen and oxygen atoms in total. The highest BCUT2D eigenvalue weighted by molar-refractivity contribution is 6.00. The maximum atomic E-state index is 12.3. The number of ether oxygens (including phenoxy) is 4. The predicted molar refractivity (Wildman–Crippen MR) is 85.0 cm³/mol. The van der Waals surface area contributed by atoms with Crippen LogP contribution in [0.1, 0.15) is 10.4 Å². The Balaban J connectivity index is 2.46. The fourth-order valence-electron chi connectivity index (χ4n) is 1.87. The summed E-state index contributed by atoms with van der Waals surface area (Å²) in [6.07, 6.45) is 0. The van der Waals surface area contributed by atoms with Crippen molar-refractivity contribution in [2.45, 2.75) is 0 Å². The van der Waals surface area contributed by atoms with Crippen molar-refractivity contribution in [3.05, 3.63) is 17.7 Å². The van der Waals surface area contributed by atoms with E-state index in [4.69, 9.17) is 29.8 Å². The summed E-state index contributed by atoms with van der Waals surface area (Å²) in [4.78, 5) is 12.3. The molecular weight excluding hydrogens is 304 g/mol. The SMILES string of the molecule is COc1cc(N)cc(OC)c1C(=O)NCCOCCOCCO. The molecule has 0 aromatic heterocycles. The number of carbonyl (C=O) groups is 1. The third-order valence-electron chi connectivity index (χ3n) is 2.89. The molecule has 0 aliphatic heterocycles. The van der Waals surface area contributed by atoms with E-state index in [0.29, 0.717) is 43.6 Å². The molecule has 4 N–H and O–H groups in total. The van der Waals surface area contributed by atoms with E-state index in [1.54, 1.807) is 12.1 Å². The Labute approximate surface area is 135 Å². The smallest absolute Gasteiger partial charge is 0.258 e.